The fraction of sp³-hybridized carbons (Fsp3) is 0.143. The van der Waals surface area contributed by atoms with Crippen LogP contribution in [0.25, 0.3) is 0 Å². The van der Waals surface area contributed by atoms with Gasteiger partial charge in [0, 0.05) is 11.4 Å². The molecule has 0 radical (unpaired) electrons. The third-order valence-electron chi connectivity index (χ3n) is 2.63. The Bertz CT molecular complexity index is 496. The number of rotatable bonds is 3. The van der Waals surface area contributed by atoms with Crippen LogP contribution in [0.2, 0.25) is 5.02 Å². The van der Waals surface area contributed by atoms with Gasteiger partial charge >= 0.3 is 0 Å². The van der Waals surface area contributed by atoms with Crippen LogP contribution in [-0.4, -0.2) is 5.11 Å². The Labute approximate surface area is 104 Å². The van der Waals surface area contributed by atoms with Gasteiger partial charge in [-0.05, 0) is 29.3 Å². The Morgan fingerprint density at radius 1 is 1.06 bits per heavy atom. The molecule has 0 heterocycles. The Hall–Kier alpha value is -1.38. The van der Waals surface area contributed by atoms with E-state index < -0.39 is 6.10 Å². The summed E-state index contributed by atoms with van der Waals surface area (Å²) in [6.45, 7) is 0. The number of hydrogen-bond donors (Lipinski definition) is 1. The van der Waals surface area contributed by atoms with Crippen molar-refractivity contribution in [3.63, 3.8) is 0 Å². The Kier molecular flexibility index (Phi) is 3.77. The summed E-state index contributed by atoms with van der Waals surface area (Å²) in [7, 11) is 0. The topological polar surface area (TPSA) is 20.2 Å². The normalized spacial score (nSPS) is 12.4. The molecule has 0 amide bonds. The summed E-state index contributed by atoms with van der Waals surface area (Å²) in [5.74, 6) is -0.291. The van der Waals surface area contributed by atoms with Crippen LogP contribution < -0.4 is 0 Å². The van der Waals surface area contributed by atoms with E-state index in [2.05, 4.69) is 0 Å². The highest BCUT2D eigenvalue weighted by molar-refractivity contribution is 6.30. The first-order chi connectivity index (χ1) is 8.16. The van der Waals surface area contributed by atoms with E-state index in [4.69, 9.17) is 11.6 Å². The van der Waals surface area contributed by atoms with Gasteiger partial charge in [-0.2, -0.15) is 0 Å². The van der Waals surface area contributed by atoms with E-state index in [0.717, 1.165) is 5.56 Å². The van der Waals surface area contributed by atoms with Crippen molar-refractivity contribution in [1.82, 2.24) is 0 Å². The van der Waals surface area contributed by atoms with E-state index in [1.807, 2.05) is 0 Å². The Morgan fingerprint density at radius 2 is 1.71 bits per heavy atom. The maximum atomic E-state index is 13.4. The van der Waals surface area contributed by atoms with Crippen LogP contribution >= 0.6 is 11.6 Å². The Balaban J connectivity index is 2.14. The lowest BCUT2D eigenvalue weighted by atomic mass is 10.0. The van der Waals surface area contributed by atoms with Crippen LogP contribution in [0, 0.1) is 5.82 Å². The molecule has 2 rings (SSSR count). The molecular weight excluding hydrogens is 239 g/mol. The first-order valence-electron chi connectivity index (χ1n) is 5.34. The molecule has 0 aliphatic carbocycles. The largest absolute Gasteiger partial charge is 0.388 e. The lowest BCUT2D eigenvalue weighted by Crippen LogP contribution is -2.03. The van der Waals surface area contributed by atoms with Gasteiger partial charge in [-0.1, -0.05) is 41.9 Å². The van der Waals surface area contributed by atoms with Crippen LogP contribution in [0.3, 0.4) is 0 Å². The van der Waals surface area contributed by atoms with Crippen molar-refractivity contribution in [2.24, 2.45) is 0 Å². The summed E-state index contributed by atoms with van der Waals surface area (Å²) < 4.78 is 13.4. The molecule has 1 unspecified atom stereocenters. The summed E-state index contributed by atoms with van der Waals surface area (Å²) in [4.78, 5) is 0. The first kappa shape index (κ1) is 12.1. The minimum atomic E-state index is -0.718. The van der Waals surface area contributed by atoms with E-state index in [1.54, 1.807) is 42.5 Å². The van der Waals surface area contributed by atoms with Crippen LogP contribution in [0.4, 0.5) is 4.39 Å². The lowest BCUT2D eigenvalue weighted by Gasteiger charge is -2.11. The maximum Gasteiger partial charge on any atom is 0.126 e. The molecule has 0 fully saturated rings. The molecule has 0 saturated heterocycles. The zero-order chi connectivity index (χ0) is 12.3. The molecule has 0 spiro atoms. The molecule has 1 nitrogen and oxygen atoms in total. The van der Waals surface area contributed by atoms with Gasteiger partial charge in [-0.25, -0.2) is 4.39 Å². The highest BCUT2D eigenvalue weighted by Crippen LogP contribution is 2.21. The second kappa shape index (κ2) is 5.30. The van der Waals surface area contributed by atoms with E-state index in [0.29, 0.717) is 10.6 Å². The second-order valence-electron chi connectivity index (χ2n) is 3.86. The summed E-state index contributed by atoms with van der Waals surface area (Å²) >= 11 is 5.76. The molecule has 0 bridgehead atoms. The highest BCUT2D eigenvalue weighted by Gasteiger charge is 2.10. The number of aliphatic hydroxyl groups excluding tert-OH is 1. The van der Waals surface area contributed by atoms with E-state index in [-0.39, 0.29) is 12.2 Å². The molecule has 1 atom stereocenters. The molecule has 2 aromatic carbocycles. The third-order valence-corrected chi connectivity index (χ3v) is 2.88. The fourth-order valence-corrected chi connectivity index (χ4v) is 1.80. The van der Waals surface area contributed by atoms with Gasteiger partial charge in [-0.15, -0.1) is 0 Å². The third kappa shape index (κ3) is 3.05. The molecule has 2 aromatic rings. The lowest BCUT2D eigenvalue weighted by molar-refractivity contribution is 0.177. The van der Waals surface area contributed by atoms with Gasteiger partial charge in [-0.3, -0.25) is 0 Å². The van der Waals surface area contributed by atoms with Gasteiger partial charge in [0.1, 0.15) is 5.82 Å². The van der Waals surface area contributed by atoms with Gasteiger partial charge in [0.2, 0.25) is 0 Å². The summed E-state index contributed by atoms with van der Waals surface area (Å²) in [5.41, 5.74) is 1.24. The van der Waals surface area contributed by atoms with Gasteiger partial charge in [0.25, 0.3) is 0 Å². The number of halogens is 2. The highest BCUT2D eigenvalue weighted by atomic mass is 35.5. The average Bonchev–Trinajstić information content (AvgIpc) is 2.33. The van der Waals surface area contributed by atoms with Gasteiger partial charge in [0.05, 0.1) is 6.10 Å². The van der Waals surface area contributed by atoms with Crippen molar-refractivity contribution in [2.45, 2.75) is 12.5 Å². The maximum absolute atomic E-state index is 13.4. The van der Waals surface area contributed by atoms with Crippen molar-refractivity contribution in [2.75, 3.05) is 0 Å². The number of benzene rings is 2. The number of hydrogen-bond acceptors (Lipinski definition) is 1. The molecule has 0 aliphatic heterocycles. The van der Waals surface area contributed by atoms with Crippen LogP contribution in [0.15, 0.2) is 48.5 Å². The quantitative estimate of drug-likeness (QED) is 0.880. The monoisotopic (exact) mass is 250 g/mol. The standard InChI is InChI=1S/C14H12ClFO/c15-12-7-5-10(6-8-12)14(17)9-11-3-1-2-4-13(11)16/h1-8,14,17H,9H2. The molecule has 3 heteroatoms. The summed E-state index contributed by atoms with van der Waals surface area (Å²) in [5, 5.41) is 10.6. The minimum absolute atomic E-state index is 0.258. The van der Waals surface area contributed by atoms with Crippen molar-refractivity contribution < 1.29 is 9.50 Å². The smallest absolute Gasteiger partial charge is 0.126 e. The molecule has 0 saturated carbocycles. The molecule has 1 N–H and O–H groups in total. The summed E-state index contributed by atoms with van der Waals surface area (Å²) in [6, 6.07) is 13.4. The van der Waals surface area contributed by atoms with Crippen molar-refractivity contribution in [1.29, 1.82) is 0 Å². The SMILES string of the molecule is OC(Cc1ccccc1F)c1ccc(Cl)cc1. The summed E-state index contributed by atoms with van der Waals surface area (Å²) in [6.07, 6.45) is -0.460. The van der Waals surface area contributed by atoms with Gasteiger partial charge < -0.3 is 5.11 Å². The zero-order valence-corrected chi connectivity index (χ0v) is 9.86. The van der Waals surface area contributed by atoms with Crippen LogP contribution in [0.5, 0.6) is 0 Å². The van der Waals surface area contributed by atoms with Crippen molar-refractivity contribution in [3.05, 3.63) is 70.5 Å². The van der Waals surface area contributed by atoms with Gasteiger partial charge in [0.15, 0.2) is 0 Å². The second-order valence-corrected chi connectivity index (χ2v) is 4.30. The molecule has 0 aliphatic rings. The van der Waals surface area contributed by atoms with E-state index in [1.165, 1.54) is 6.07 Å². The predicted octanol–water partition coefficient (Wildman–Crippen LogP) is 3.76. The molecular formula is C14H12ClFO. The molecule has 17 heavy (non-hydrogen) atoms. The predicted molar refractivity (Wildman–Crippen MR) is 66.5 cm³/mol. The minimum Gasteiger partial charge on any atom is -0.388 e. The van der Waals surface area contributed by atoms with E-state index >= 15 is 0 Å². The first-order valence-corrected chi connectivity index (χ1v) is 5.71. The molecule has 88 valence electrons. The van der Waals surface area contributed by atoms with Crippen molar-refractivity contribution in [3.8, 4) is 0 Å². The fourth-order valence-electron chi connectivity index (χ4n) is 1.68. The number of aliphatic hydroxyl groups is 1. The zero-order valence-electron chi connectivity index (χ0n) is 9.11. The van der Waals surface area contributed by atoms with Crippen LogP contribution in [0.1, 0.15) is 17.2 Å². The van der Waals surface area contributed by atoms with Crippen molar-refractivity contribution >= 4 is 11.6 Å². The Morgan fingerprint density at radius 3 is 2.35 bits per heavy atom. The molecule has 0 aromatic heterocycles. The van der Waals surface area contributed by atoms with Crippen LogP contribution in [-0.2, 0) is 6.42 Å². The average molecular weight is 251 g/mol. The van der Waals surface area contributed by atoms with E-state index in [9.17, 15) is 9.50 Å².